The first-order valence-electron chi connectivity index (χ1n) is 10.8. The molecule has 8 heteroatoms. The van der Waals surface area contributed by atoms with E-state index in [0.29, 0.717) is 40.8 Å². The number of anilines is 5. The maximum Gasteiger partial charge on any atom is 0.247 e. The van der Waals surface area contributed by atoms with Crippen LogP contribution in [-0.2, 0) is 11.4 Å². The number of carbonyl (C=O) groups is 1. The summed E-state index contributed by atoms with van der Waals surface area (Å²) in [6.45, 7) is 3.86. The van der Waals surface area contributed by atoms with Crippen molar-refractivity contribution in [3.05, 3.63) is 120 Å². The van der Waals surface area contributed by atoms with Crippen molar-refractivity contribution in [2.45, 2.75) is 6.61 Å². The molecule has 1 aromatic heterocycles. The van der Waals surface area contributed by atoms with Gasteiger partial charge in [0, 0.05) is 23.6 Å². The highest BCUT2D eigenvalue weighted by Gasteiger charge is 2.16. The fourth-order valence-corrected chi connectivity index (χ4v) is 3.36. The third-order valence-corrected chi connectivity index (χ3v) is 5.01. The first-order valence-corrected chi connectivity index (χ1v) is 10.8. The largest absolute Gasteiger partial charge is 0.489 e. The van der Waals surface area contributed by atoms with Gasteiger partial charge in [0.05, 0.1) is 22.9 Å². The van der Waals surface area contributed by atoms with Crippen LogP contribution in [0.5, 0.6) is 5.75 Å². The summed E-state index contributed by atoms with van der Waals surface area (Å²) in [5.41, 5.74) is 3.90. The van der Waals surface area contributed by atoms with E-state index in [-0.39, 0.29) is 5.91 Å². The molecule has 0 unspecified atom stereocenters. The molecule has 2 N–H and O–H groups in total. The minimum atomic E-state index is -0.308. The number of hydrogen-bond donors (Lipinski definition) is 2. The number of hydrogen-bond acceptors (Lipinski definition) is 6. The molecule has 0 aliphatic heterocycles. The summed E-state index contributed by atoms with van der Waals surface area (Å²) in [7, 11) is 0. The van der Waals surface area contributed by atoms with Gasteiger partial charge in [0.25, 0.3) is 0 Å². The van der Waals surface area contributed by atoms with E-state index in [1.807, 2.05) is 42.5 Å². The maximum atomic E-state index is 11.9. The lowest BCUT2D eigenvalue weighted by atomic mass is 10.2. The van der Waals surface area contributed by atoms with Gasteiger partial charge < -0.3 is 15.4 Å². The summed E-state index contributed by atoms with van der Waals surface area (Å²) < 4.78 is 5.90. The zero-order chi connectivity index (χ0) is 24.5. The van der Waals surface area contributed by atoms with Crippen LogP contribution in [0.3, 0.4) is 0 Å². The van der Waals surface area contributed by atoms with E-state index in [2.05, 4.69) is 27.5 Å². The Kier molecular flexibility index (Phi) is 7.45. The van der Waals surface area contributed by atoms with Crippen LogP contribution in [0.15, 0.2) is 115 Å². The van der Waals surface area contributed by atoms with Crippen molar-refractivity contribution in [3.63, 3.8) is 0 Å². The van der Waals surface area contributed by atoms with E-state index < -0.39 is 0 Å². The van der Waals surface area contributed by atoms with Crippen LogP contribution in [-0.4, -0.2) is 10.9 Å². The summed E-state index contributed by atoms with van der Waals surface area (Å²) in [5, 5.41) is 10.5. The van der Waals surface area contributed by atoms with E-state index in [4.69, 9.17) is 4.74 Å². The van der Waals surface area contributed by atoms with Gasteiger partial charge in [0.1, 0.15) is 18.0 Å². The standard InChI is InChI=1S/C27H23N5O3/c1-2-27(33)30-22-11-6-10-21(16-22)29-25-14-15-28-18-26(25)32(31-34)23-12-7-13-24(17-23)35-19-20-8-4-3-5-9-20/h2-18H,1,19H2,(H,28,29)(H,30,33). The van der Waals surface area contributed by atoms with Crippen molar-refractivity contribution in [1.82, 2.24) is 4.98 Å². The molecule has 0 aliphatic rings. The molecule has 0 saturated carbocycles. The minimum absolute atomic E-state index is 0.308. The van der Waals surface area contributed by atoms with Crippen LogP contribution in [0.1, 0.15) is 5.56 Å². The molecule has 1 amide bonds. The fourth-order valence-electron chi connectivity index (χ4n) is 3.36. The van der Waals surface area contributed by atoms with Crippen molar-refractivity contribution in [3.8, 4) is 5.75 Å². The van der Waals surface area contributed by atoms with Gasteiger partial charge in [-0.15, -0.1) is 4.91 Å². The molecule has 0 bridgehead atoms. The summed E-state index contributed by atoms with van der Waals surface area (Å²) in [6.07, 6.45) is 4.36. The SMILES string of the molecule is C=CC(=O)Nc1cccc(Nc2ccncc2N(N=O)c2cccc(OCc3ccccc3)c2)c1. The molecule has 4 aromatic rings. The van der Waals surface area contributed by atoms with E-state index in [1.54, 1.807) is 54.9 Å². The number of amides is 1. The molecular formula is C27H23N5O3. The summed E-state index contributed by atoms with van der Waals surface area (Å²) in [4.78, 5) is 27.7. The van der Waals surface area contributed by atoms with Crippen molar-refractivity contribution in [1.29, 1.82) is 0 Å². The molecule has 0 fully saturated rings. The Morgan fingerprint density at radius 1 is 1.00 bits per heavy atom. The van der Waals surface area contributed by atoms with Crippen molar-refractivity contribution >= 4 is 34.3 Å². The van der Waals surface area contributed by atoms with Gasteiger partial charge in [-0.3, -0.25) is 9.78 Å². The van der Waals surface area contributed by atoms with E-state index in [0.717, 1.165) is 5.56 Å². The number of ether oxygens (including phenoxy) is 1. The van der Waals surface area contributed by atoms with E-state index >= 15 is 0 Å². The second-order valence-corrected chi connectivity index (χ2v) is 7.46. The summed E-state index contributed by atoms with van der Waals surface area (Å²) >= 11 is 0. The average Bonchev–Trinajstić information content (AvgIpc) is 2.90. The summed E-state index contributed by atoms with van der Waals surface area (Å²) in [5.74, 6) is 0.293. The predicted octanol–water partition coefficient (Wildman–Crippen LogP) is 6.35. The van der Waals surface area contributed by atoms with Crippen LogP contribution >= 0.6 is 0 Å². The Morgan fingerprint density at radius 3 is 2.60 bits per heavy atom. The normalized spacial score (nSPS) is 10.2. The number of nitroso groups, excluding NO2 is 1. The first kappa shape index (κ1) is 23.2. The van der Waals surface area contributed by atoms with Crippen molar-refractivity contribution in [2.75, 3.05) is 15.6 Å². The van der Waals surface area contributed by atoms with Gasteiger partial charge in [0.2, 0.25) is 5.91 Å². The number of benzene rings is 3. The Labute approximate surface area is 202 Å². The smallest absolute Gasteiger partial charge is 0.247 e. The van der Waals surface area contributed by atoms with E-state index in [1.165, 1.54) is 11.1 Å². The average molecular weight is 466 g/mol. The second kappa shape index (κ2) is 11.2. The Hall–Kier alpha value is -4.98. The molecule has 35 heavy (non-hydrogen) atoms. The lowest BCUT2D eigenvalue weighted by Crippen LogP contribution is -2.11. The molecule has 0 radical (unpaired) electrons. The van der Waals surface area contributed by atoms with E-state index in [9.17, 15) is 9.70 Å². The lowest BCUT2D eigenvalue weighted by molar-refractivity contribution is -0.111. The van der Waals surface area contributed by atoms with Gasteiger partial charge in [-0.25, -0.2) is 0 Å². The molecule has 3 aromatic carbocycles. The number of carbonyl (C=O) groups excluding carboxylic acids is 1. The second-order valence-electron chi connectivity index (χ2n) is 7.46. The van der Waals surface area contributed by atoms with Crippen molar-refractivity contribution in [2.24, 2.45) is 5.29 Å². The predicted molar refractivity (Wildman–Crippen MR) is 138 cm³/mol. The maximum absolute atomic E-state index is 11.9. The third kappa shape index (κ3) is 6.08. The highest BCUT2D eigenvalue weighted by Crippen LogP contribution is 2.35. The Morgan fingerprint density at radius 2 is 1.80 bits per heavy atom. The molecule has 174 valence electrons. The quantitative estimate of drug-likeness (QED) is 0.161. The number of pyridine rings is 1. The number of nitrogens with one attached hydrogen (secondary N) is 2. The van der Waals surface area contributed by atoms with Crippen LogP contribution in [0.25, 0.3) is 0 Å². The fraction of sp³-hybridized carbons (Fsp3) is 0.0370. The van der Waals surface area contributed by atoms with Gasteiger partial charge in [-0.1, -0.05) is 49.0 Å². The van der Waals surface area contributed by atoms with Crippen LogP contribution in [0, 0.1) is 4.91 Å². The van der Waals surface area contributed by atoms with Gasteiger partial charge >= 0.3 is 0 Å². The molecule has 0 spiro atoms. The van der Waals surface area contributed by atoms with Crippen LogP contribution < -0.4 is 20.4 Å². The zero-order valence-electron chi connectivity index (χ0n) is 18.8. The third-order valence-electron chi connectivity index (χ3n) is 5.01. The highest BCUT2D eigenvalue weighted by atomic mass is 16.5. The molecule has 1 heterocycles. The monoisotopic (exact) mass is 465 g/mol. The summed E-state index contributed by atoms with van der Waals surface area (Å²) in [6, 6.07) is 25.8. The van der Waals surface area contributed by atoms with Crippen LogP contribution in [0.4, 0.5) is 28.4 Å². The highest BCUT2D eigenvalue weighted by molar-refractivity contribution is 5.99. The van der Waals surface area contributed by atoms with Gasteiger partial charge in [-0.05, 0) is 48.0 Å². The van der Waals surface area contributed by atoms with Crippen molar-refractivity contribution < 1.29 is 9.53 Å². The van der Waals surface area contributed by atoms with Crippen LogP contribution in [0.2, 0.25) is 0 Å². The van der Waals surface area contributed by atoms with Gasteiger partial charge in [-0.2, -0.15) is 5.01 Å². The first-order chi connectivity index (χ1) is 17.2. The minimum Gasteiger partial charge on any atom is -0.489 e. The molecular weight excluding hydrogens is 442 g/mol. The number of rotatable bonds is 10. The zero-order valence-corrected chi connectivity index (χ0v) is 18.8. The molecule has 0 aliphatic carbocycles. The number of nitrogens with zero attached hydrogens (tertiary/aromatic N) is 3. The Balaban J connectivity index is 1.56. The van der Waals surface area contributed by atoms with Gasteiger partial charge in [0.15, 0.2) is 0 Å². The molecule has 0 saturated heterocycles. The Bertz CT molecular complexity index is 1330. The number of aromatic nitrogens is 1. The molecule has 4 rings (SSSR count). The lowest BCUT2D eigenvalue weighted by Gasteiger charge is -2.20. The molecule has 0 atom stereocenters. The molecule has 8 nitrogen and oxygen atoms in total. The topological polar surface area (TPSA) is 95.9 Å².